The molecule has 1 amide bonds. The van der Waals surface area contributed by atoms with Crippen molar-refractivity contribution < 1.29 is 4.79 Å². The van der Waals surface area contributed by atoms with Crippen LogP contribution in [0, 0.1) is 0 Å². The van der Waals surface area contributed by atoms with E-state index in [9.17, 15) is 9.59 Å². The quantitative estimate of drug-likeness (QED) is 0.314. The second-order valence-corrected chi connectivity index (χ2v) is 8.98. The van der Waals surface area contributed by atoms with Crippen LogP contribution in [0.1, 0.15) is 19.9 Å². The molecular weight excluding hydrogens is 471 g/mol. The molecule has 0 saturated heterocycles. The van der Waals surface area contributed by atoms with Gasteiger partial charge >= 0.3 is 0 Å². The van der Waals surface area contributed by atoms with Crippen molar-refractivity contribution in [2.24, 2.45) is 0 Å². The van der Waals surface area contributed by atoms with Gasteiger partial charge in [-0.15, -0.1) is 0 Å². The molecule has 2 heterocycles. The molecule has 8 nitrogen and oxygen atoms in total. The molecule has 0 saturated carbocycles. The summed E-state index contributed by atoms with van der Waals surface area (Å²) in [4.78, 5) is 34.3. The van der Waals surface area contributed by atoms with Crippen LogP contribution in [0.5, 0.6) is 0 Å². The monoisotopic (exact) mass is 488 g/mol. The van der Waals surface area contributed by atoms with Gasteiger partial charge in [0, 0.05) is 16.1 Å². The van der Waals surface area contributed by atoms with Crippen LogP contribution >= 0.6 is 35.0 Å². The second-order valence-electron chi connectivity index (χ2n) is 7.16. The molecule has 32 heavy (non-hydrogen) atoms. The van der Waals surface area contributed by atoms with Gasteiger partial charge in [-0.3, -0.25) is 14.2 Å². The van der Waals surface area contributed by atoms with E-state index >= 15 is 0 Å². The number of fused-ring (bicyclic) bond motifs is 1. The summed E-state index contributed by atoms with van der Waals surface area (Å²) in [5.41, 5.74) is 1.44. The minimum absolute atomic E-state index is 0.0363. The number of hydrogen-bond acceptors (Lipinski definition) is 6. The Hall–Kier alpha value is -2.88. The fourth-order valence-electron chi connectivity index (χ4n) is 3.17. The lowest BCUT2D eigenvalue weighted by Crippen LogP contribution is -2.25. The first-order chi connectivity index (χ1) is 15.3. The normalized spacial score (nSPS) is 11.3. The number of hydrogen-bond donors (Lipinski definition) is 1. The zero-order valence-corrected chi connectivity index (χ0v) is 19.4. The topological polar surface area (TPSA) is 94.7 Å². The van der Waals surface area contributed by atoms with E-state index in [2.05, 4.69) is 20.4 Å². The summed E-state index contributed by atoms with van der Waals surface area (Å²) in [6.45, 7) is 3.79. The van der Waals surface area contributed by atoms with Crippen molar-refractivity contribution in [3.05, 3.63) is 69.5 Å². The minimum Gasteiger partial charge on any atom is -0.323 e. The highest BCUT2D eigenvalue weighted by molar-refractivity contribution is 7.99. The average Bonchev–Trinajstić information content (AvgIpc) is 3.26. The third-order valence-electron chi connectivity index (χ3n) is 4.58. The molecule has 4 rings (SSSR count). The Bertz CT molecular complexity index is 1350. The summed E-state index contributed by atoms with van der Waals surface area (Å²) in [5, 5.41) is 8.83. The van der Waals surface area contributed by atoms with E-state index in [4.69, 9.17) is 23.2 Å². The zero-order valence-electron chi connectivity index (χ0n) is 17.1. The minimum atomic E-state index is -0.283. The first-order valence-corrected chi connectivity index (χ1v) is 11.4. The van der Waals surface area contributed by atoms with E-state index in [1.807, 2.05) is 13.8 Å². The molecule has 2 aromatic carbocycles. The first kappa shape index (κ1) is 22.3. The summed E-state index contributed by atoms with van der Waals surface area (Å²) in [6, 6.07) is 9.92. The highest BCUT2D eigenvalue weighted by atomic mass is 35.5. The van der Waals surface area contributed by atoms with Crippen LogP contribution in [0.2, 0.25) is 10.0 Å². The van der Waals surface area contributed by atoms with Crippen LogP contribution in [-0.2, 0) is 4.79 Å². The van der Waals surface area contributed by atoms with E-state index in [1.165, 1.54) is 29.1 Å². The molecule has 0 aliphatic carbocycles. The third kappa shape index (κ3) is 4.64. The standard InChI is InChI=1S/C21H18Cl2N6O2S/c1-12(2)29-20(31)15-5-3-13(22)7-16(15)27-21(29)32-9-19(30)26-17-8-14(23)4-6-18(17)28-11-24-10-25-28/h3-8,10-12H,9H2,1-2H3,(H,26,30). The molecule has 0 atom stereocenters. The van der Waals surface area contributed by atoms with Gasteiger partial charge in [0.25, 0.3) is 5.56 Å². The number of anilines is 1. The number of aromatic nitrogens is 5. The fourth-order valence-corrected chi connectivity index (χ4v) is 4.43. The molecule has 0 unspecified atom stereocenters. The summed E-state index contributed by atoms with van der Waals surface area (Å²) in [6.07, 6.45) is 2.93. The Labute approximate surface area is 197 Å². The Balaban J connectivity index is 1.59. The number of nitrogens with one attached hydrogen (secondary N) is 1. The molecule has 0 bridgehead atoms. The van der Waals surface area contributed by atoms with Gasteiger partial charge in [0.2, 0.25) is 5.91 Å². The smallest absolute Gasteiger partial charge is 0.262 e. The highest BCUT2D eigenvalue weighted by Crippen LogP contribution is 2.26. The van der Waals surface area contributed by atoms with Crippen LogP contribution in [0.3, 0.4) is 0 Å². The zero-order chi connectivity index (χ0) is 22.8. The van der Waals surface area contributed by atoms with Crippen molar-refractivity contribution in [3.8, 4) is 5.69 Å². The largest absolute Gasteiger partial charge is 0.323 e. The summed E-state index contributed by atoms with van der Waals surface area (Å²) in [7, 11) is 0. The molecular formula is C21H18Cl2N6O2S. The molecule has 0 aliphatic rings. The van der Waals surface area contributed by atoms with Crippen LogP contribution in [0.4, 0.5) is 5.69 Å². The van der Waals surface area contributed by atoms with Gasteiger partial charge in [-0.25, -0.2) is 14.6 Å². The van der Waals surface area contributed by atoms with Gasteiger partial charge < -0.3 is 5.32 Å². The number of halogens is 2. The van der Waals surface area contributed by atoms with Crippen molar-refractivity contribution >= 4 is 57.5 Å². The Morgan fingerprint density at radius 3 is 2.62 bits per heavy atom. The van der Waals surface area contributed by atoms with Gasteiger partial charge in [-0.05, 0) is 50.2 Å². The van der Waals surface area contributed by atoms with E-state index in [0.717, 1.165) is 0 Å². The van der Waals surface area contributed by atoms with E-state index in [0.29, 0.717) is 37.5 Å². The van der Waals surface area contributed by atoms with Crippen molar-refractivity contribution in [1.29, 1.82) is 0 Å². The lowest BCUT2D eigenvalue weighted by Gasteiger charge is -2.16. The number of benzene rings is 2. The Morgan fingerprint density at radius 2 is 1.91 bits per heavy atom. The lowest BCUT2D eigenvalue weighted by atomic mass is 10.2. The van der Waals surface area contributed by atoms with Gasteiger partial charge in [0.1, 0.15) is 12.7 Å². The van der Waals surface area contributed by atoms with Crippen molar-refractivity contribution in [2.45, 2.75) is 25.0 Å². The number of thioether (sulfide) groups is 1. The lowest BCUT2D eigenvalue weighted by molar-refractivity contribution is -0.113. The maximum absolute atomic E-state index is 13.0. The molecule has 0 radical (unpaired) electrons. The first-order valence-electron chi connectivity index (χ1n) is 9.62. The molecule has 4 aromatic rings. The third-order valence-corrected chi connectivity index (χ3v) is 6.00. The fraction of sp³-hybridized carbons (Fsp3) is 0.190. The van der Waals surface area contributed by atoms with Crippen LogP contribution < -0.4 is 10.9 Å². The molecule has 164 valence electrons. The van der Waals surface area contributed by atoms with E-state index in [1.54, 1.807) is 41.0 Å². The number of rotatable bonds is 6. The number of amides is 1. The molecule has 0 fully saturated rings. The van der Waals surface area contributed by atoms with Crippen molar-refractivity contribution in [2.75, 3.05) is 11.1 Å². The number of nitrogens with zero attached hydrogens (tertiary/aromatic N) is 5. The second kappa shape index (κ2) is 9.32. The summed E-state index contributed by atoms with van der Waals surface area (Å²) < 4.78 is 3.11. The van der Waals surface area contributed by atoms with Crippen molar-refractivity contribution in [3.63, 3.8) is 0 Å². The van der Waals surface area contributed by atoms with Gasteiger partial charge in [-0.1, -0.05) is 35.0 Å². The Kier molecular flexibility index (Phi) is 6.50. The highest BCUT2D eigenvalue weighted by Gasteiger charge is 2.17. The predicted molar refractivity (Wildman–Crippen MR) is 127 cm³/mol. The maximum atomic E-state index is 13.0. The van der Waals surface area contributed by atoms with E-state index < -0.39 is 0 Å². The van der Waals surface area contributed by atoms with Crippen molar-refractivity contribution in [1.82, 2.24) is 24.3 Å². The molecule has 0 spiro atoms. The predicted octanol–water partition coefficient (Wildman–Crippen LogP) is 4.60. The van der Waals surface area contributed by atoms with Gasteiger partial charge in [0.15, 0.2) is 5.16 Å². The van der Waals surface area contributed by atoms with Crippen LogP contribution in [-0.4, -0.2) is 36.0 Å². The Morgan fingerprint density at radius 1 is 1.16 bits per heavy atom. The maximum Gasteiger partial charge on any atom is 0.262 e. The average molecular weight is 489 g/mol. The number of carbonyl (C=O) groups excluding carboxylic acids is 1. The van der Waals surface area contributed by atoms with Crippen LogP contribution in [0.25, 0.3) is 16.6 Å². The molecule has 0 aliphatic heterocycles. The SMILES string of the molecule is CC(C)n1c(SCC(=O)Nc2cc(Cl)ccc2-n2cncn2)nc2cc(Cl)ccc2c1=O. The molecule has 11 heteroatoms. The van der Waals surface area contributed by atoms with Gasteiger partial charge in [0.05, 0.1) is 28.0 Å². The van der Waals surface area contributed by atoms with Crippen LogP contribution in [0.15, 0.2) is 59.0 Å². The molecule has 1 N–H and O–H groups in total. The van der Waals surface area contributed by atoms with Gasteiger partial charge in [-0.2, -0.15) is 5.10 Å². The summed E-state index contributed by atoms with van der Waals surface area (Å²) in [5.74, 6) is -0.247. The number of carbonyl (C=O) groups is 1. The molecule has 2 aromatic heterocycles. The van der Waals surface area contributed by atoms with E-state index in [-0.39, 0.29) is 23.3 Å². The summed E-state index contributed by atoms with van der Waals surface area (Å²) >= 11 is 13.4.